The molecule has 0 atom stereocenters. The molecule has 2 fully saturated rings. The zero-order valence-corrected chi connectivity index (χ0v) is 20.5. The van der Waals surface area contributed by atoms with Crippen molar-refractivity contribution in [3.8, 4) is 11.5 Å². The van der Waals surface area contributed by atoms with Crippen LogP contribution in [0.5, 0.6) is 11.5 Å². The van der Waals surface area contributed by atoms with Gasteiger partial charge in [-0.15, -0.1) is 0 Å². The summed E-state index contributed by atoms with van der Waals surface area (Å²) in [5.74, 6) is 1.47. The number of rotatable bonds is 8. The molecule has 34 heavy (non-hydrogen) atoms. The Morgan fingerprint density at radius 1 is 0.882 bits per heavy atom. The molecule has 0 radical (unpaired) electrons. The smallest absolute Gasteiger partial charge is 0.253 e. The first kappa shape index (κ1) is 24.5. The number of sulfonamides is 1. The predicted octanol–water partition coefficient (Wildman–Crippen LogP) is 2.71. The Morgan fingerprint density at radius 3 is 2.24 bits per heavy atom. The molecule has 9 heteroatoms. The molecule has 2 heterocycles. The maximum Gasteiger partial charge on any atom is 0.253 e. The van der Waals surface area contributed by atoms with Gasteiger partial charge < -0.3 is 14.4 Å². The van der Waals surface area contributed by atoms with E-state index in [9.17, 15) is 13.2 Å². The number of piperazine rings is 1. The molecule has 0 bridgehead atoms. The van der Waals surface area contributed by atoms with Gasteiger partial charge in [-0.05, 0) is 55.3 Å². The van der Waals surface area contributed by atoms with Crippen molar-refractivity contribution in [1.82, 2.24) is 14.1 Å². The van der Waals surface area contributed by atoms with Crippen molar-refractivity contribution in [2.24, 2.45) is 0 Å². The molecule has 0 spiro atoms. The lowest BCUT2D eigenvalue weighted by Crippen LogP contribution is -2.49. The fourth-order valence-corrected chi connectivity index (χ4v) is 5.93. The predicted molar refractivity (Wildman–Crippen MR) is 130 cm³/mol. The van der Waals surface area contributed by atoms with Crippen LogP contribution < -0.4 is 9.47 Å². The number of carbonyl (C=O) groups excluding carboxylic acids is 1. The number of nitrogens with zero attached hydrogens (tertiary/aromatic N) is 3. The highest BCUT2D eigenvalue weighted by Gasteiger charge is 2.28. The third-order valence-electron chi connectivity index (χ3n) is 6.43. The number of amides is 1. The first-order valence-corrected chi connectivity index (χ1v) is 13.3. The van der Waals surface area contributed by atoms with Crippen molar-refractivity contribution in [1.29, 1.82) is 0 Å². The summed E-state index contributed by atoms with van der Waals surface area (Å²) in [6.07, 6.45) is 2.82. The maximum absolute atomic E-state index is 13.1. The molecule has 184 valence electrons. The summed E-state index contributed by atoms with van der Waals surface area (Å²) in [6, 6.07) is 14.0. The van der Waals surface area contributed by atoms with Crippen LogP contribution in [-0.2, 0) is 10.0 Å². The highest BCUT2D eigenvalue weighted by Crippen LogP contribution is 2.22. The molecule has 4 rings (SSSR count). The van der Waals surface area contributed by atoms with E-state index in [0.29, 0.717) is 38.3 Å². The molecule has 2 aromatic carbocycles. The number of carbonyl (C=O) groups is 1. The van der Waals surface area contributed by atoms with Gasteiger partial charge in [0.1, 0.15) is 18.1 Å². The Hall–Kier alpha value is -2.62. The molecular weight excluding hydrogens is 454 g/mol. The zero-order valence-electron chi connectivity index (χ0n) is 19.7. The van der Waals surface area contributed by atoms with E-state index in [4.69, 9.17) is 9.47 Å². The Balaban J connectivity index is 1.28. The summed E-state index contributed by atoms with van der Waals surface area (Å²) in [7, 11) is -1.93. The molecular formula is C25H33N3O5S. The number of benzene rings is 2. The lowest BCUT2D eigenvalue weighted by molar-refractivity contribution is 0.0620. The summed E-state index contributed by atoms with van der Waals surface area (Å²) < 4.78 is 38.5. The van der Waals surface area contributed by atoms with Crippen LogP contribution in [0, 0.1) is 0 Å². The third kappa shape index (κ3) is 5.89. The van der Waals surface area contributed by atoms with Gasteiger partial charge >= 0.3 is 0 Å². The number of piperidine rings is 1. The first-order valence-electron chi connectivity index (χ1n) is 11.9. The minimum atomic E-state index is -3.56. The third-order valence-corrected chi connectivity index (χ3v) is 8.32. The highest BCUT2D eigenvalue weighted by atomic mass is 32.2. The van der Waals surface area contributed by atoms with Crippen LogP contribution in [0.3, 0.4) is 0 Å². The van der Waals surface area contributed by atoms with Gasteiger partial charge in [0.15, 0.2) is 0 Å². The second-order valence-electron chi connectivity index (χ2n) is 8.65. The topological polar surface area (TPSA) is 79.4 Å². The van der Waals surface area contributed by atoms with E-state index in [2.05, 4.69) is 4.90 Å². The van der Waals surface area contributed by atoms with Crippen LogP contribution in [0.4, 0.5) is 0 Å². The van der Waals surface area contributed by atoms with Crippen molar-refractivity contribution >= 4 is 15.9 Å². The molecule has 2 aliphatic heterocycles. The summed E-state index contributed by atoms with van der Waals surface area (Å²) in [4.78, 5) is 17.3. The van der Waals surface area contributed by atoms with Crippen LogP contribution >= 0.6 is 0 Å². The van der Waals surface area contributed by atoms with E-state index in [1.54, 1.807) is 30.2 Å². The van der Waals surface area contributed by atoms with E-state index >= 15 is 0 Å². The van der Waals surface area contributed by atoms with Gasteiger partial charge in [-0.1, -0.05) is 12.5 Å². The number of methoxy groups -OCH3 is 1. The molecule has 2 aromatic rings. The van der Waals surface area contributed by atoms with Crippen molar-refractivity contribution in [2.45, 2.75) is 24.2 Å². The normalized spacial score (nSPS) is 18.0. The first-order chi connectivity index (χ1) is 16.5. The SMILES string of the molecule is COc1ccc(OCCN2CCN(C(=O)c3cccc(S(=O)(=O)N4CCCCC4)c3)CC2)cc1. The van der Waals surface area contributed by atoms with Crippen molar-refractivity contribution in [2.75, 3.05) is 59.5 Å². The lowest BCUT2D eigenvalue weighted by Gasteiger charge is -2.34. The zero-order chi connectivity index (χ0) is 24.0. The molecule has 1 amide bonds. The van der Waals surface area contributed by atoms with E-state index in [1.807, 2.05) is 24.3 Å². The Labute approximate surface area is 202 Å². The number of hydrogen-bond donors (Lipinski definition) is 0. The monoisotopic (exact) mass is 487 g/mol. The highest BCUT2D eigenvalue weighted by molar-refractivity contribution is 7.89. The summed E-state index contributed by atoms with van der Waals surface area (Å²) in [6.45, 7) is 5.14. The van der Waals surface area contributed by atoms with E-state index < -0.39 is 10.0 Å². The Bertz CT molecular complexity index is 1060. The van der Waals surface area contributed by atoms with E-state index in [0.717, 1.165) is 50.4 Å². The van der Waals surface area contributed by atoms with Crippen LogP contribution in [-0.4, -0.2) is 88.0 Å². The van der Waals surface area contributed by atoms with Gasteiger partial charge in [0.25, 0.3) is 5.91 Å². The summed E-state index contributed by atoms with van der Waals surface area (Å²) in [5.41, 5.74) is 0.425. The summed E-state index contributed by atoms with van der Waals surface area (Å²) >= 11 is 0. The fourth-order valence-electron chi connectivity index (χ4n) is 4.37. The quantitative estimate of drug-likeness (QED) is 0.570. The maximum atomic E-state index is 13.1. The molecule has 0 aromatic heterocycles. The second kappa shape index (κ2) is 11.2. The van der Waals surface area contributed by atoms with Gasteiger partial charge in [0.05, 0.1) is 12.0 Å². The van der Waals surface area contributed by atoms with E-state index in [1.165, 1.54) is 10.4 Å². The van der Waals surface area contributed by atoms with Crippen molar-refractivity contribution in [3.63, 3.8) is 0 Å². The van der Waals surface area contributed by atoms with Gasteiger partial charge in [-0.3, -0.25) is 9.69 Å². The standard InChI is InChI=1S/C25H33N3O5S/c1-32-22-8-10-23(11-9-22)33-19-18-26-14-16-27(17-15-26)25(29)21-6-5-7-24(20-21)34(30,31)28-12-3-2-4-13-28/h5-11,20H,2-4,12-19H2,1H3. The average molecular weight is 488 g/mol. The average Bonchev–Trinajstić information content (AvgIpc) is 2.89. The van der Waals surface area contributed by atoms with Crippen LogP contribution in [0.2, 0.25) is 0 Å². The van der Waals surface area contributed by atoms with Crippen molar-refractivity contribution in [3.05, 3.63) is 54.1 Å². The van der Waals surface area contributed by atoms with Crippen molar-refractivity contribution < 1.29 is 22.7 Å². The molecule has 0 saturated carbocycles. The number of ether oxygens (including phenoxy) is 2. The van der Waals surface area contributed by atoms with Gasteiger partial charge in [0.2, 0.25) is 10.0 Å². The Morgan fingerprint density at radius 2 is 1.56 bits per heavy atom. The van der Waals surface area contributed by atoms with Crippen LogP contribution in [0.15, 0.2) is 53.4 Å². The summed E-state index contributed by atoms with van der Waals surface area (Å²) in [5, 5.41) is 0. The largest absolute Gasteiger partial charge is 0.497 e. The lowest BCUT2D eigenvalue weighted by atomic mass is 10.2. The number of hydrogen-bond acceptors (Lipinski definition) is 6. The van der Waals surface area contributed by atoms with Gasteiger partial charge in [0, 0.05) is 51.4 Å². The molecule has 0 unspecified atom stereocenters. The molecule has 0 N–H and O–H groups in total. The van der Waals surface area contributed by atoms with Crippen LogP contribution in [0.25, 0.3) is 0 Å². The molecule has 0 aliphatic carbocycles. The second-order valence-corrected chi connectivity index (χ2v) is 10.6. The van der Waals surface area contributed by atoms with Gasteiger partial charge in [-0.25, -0.2) is 8.42 Å². The Kier molecular flexibility index (Phi) is 8.07. The molecule has 2 saturated heterocycles. The fraction of sp³-hybridized carbons (Fsp3) is 0.480. The van der Waals surface area contributed by atoms with Gasteiger partial charge in [-0.2, -0.15) is 4.31 Å². The minimum absolute atomic E-state index is 0.121. The molecule has 8 nitrogen and oxygen atoms in total. The minimum Gasteiger partial charge on any atom is -0.497 e. The van der Waals surface area contributed by atoms with E-state index in [-0.39, 0.29) is 10.8 Å². The van der Waals surface area contributed by atoms with Crippen LogP contribution in [0.1, 0.15) is 29.6 Å². The molecule has 2 aliphatic rings.